The number of carbonyl (C=O) groups is 1. The predicted octanol–water partition coefficient (Wildman–Crippen LogP) is 4.98. The van der Waals surface area contributed by atoms with Crippen LogP contribution in [0.25, 0.3) is 0 Å². The Morgan fingerprint density at radius 3 is 2.52 bits per heavy atom. The summed E-state index contributed by atoms with van der Waals surface area (Å²) in [4.78, 5) is 21.6. The summed E-state index contributed by atoms with van der Waals surface area (Å²) in [5.41, 5.74) is 3.25. The van der Waals surface area contributed by atoms with E-state index in [1.165, 1.54) is 0 Å². The third-order valence-electron chi connectivity index (χ3n) is 4.89. The lowest BCUT2D eigenvalue weighted by Crippen LogP contribution is -2.36. The third-order valence-corrected chi connectivity index (χ3v) is 4.89. The summed E-state index contributed by atoms with van der Waals surface area (Å²) in [7, 11) is 1.60. The maximum atomic E-state index is 12.9. The first kappa shape index (κ1) is 23.8. The maximum absolute atomic E-state index is 12.9. The number of ether oxygens (including phenoxy) is 2. The minimum absolute atomic E-state index is 0.275. The number of aliphatic imine (C=N–C) groups is 1. The van der Waals surface area contributed by atoms with Gasteiger partial charge in [0.1, 0.15) is 11.5 Å². The van der Waals surface area contributed by atoms with Gasteiger partial charge in [-0.05, 0) is 73.0 Å². The third kappa shape index (κ3) is 7.35. The van der Waals surface area contributed by atoms with E-state index in [1.807, 2.05) is 37.3 Å². The molecule has 0 saturated heterocycles. The number of aryl methyl sites for hydroxylation is 1. The average Bonchev–Trinajstić information content (AvgIpc) is 2.84. The van der Waals surface area contributed by atoms with Gasteiger partial charge in [0.25, 0.3) is 5.91 Å². The fourth-order valence-corrected chi connectivity index (χ4v) is 3.03. The Hall–Kier alpha value is -3.87. The second kappa shape index (κ2) is 12.2. The van der Waals surface area contributed by atoms with E-state index >= 15 is 0 Å². The van der Waals surface area contributed by atoms with Crippen molar-refractivity contribution in [1.29, 1.82) is 0 Å². The van der Waals surface area contributed by atoms with Gasteiger partial charge in [-0.3, -0.25) is 15.1 Å². The maximum Gasteiger partial charge on any atom is 0.257 e. The largest absolute Gasteiger partial charge is 0.495 e. The number of benzene rings is 2. The molecule has 0 radical (unpaired) electrons. The fraction of sp³-hybridized carbons (Fsp3) is 0.269. The monoisotopic (exact) mass is 446 g/mol. The van der Waals surface area contributed by atoms with E-state index in [0.717, 1.165) is 29.7 Å². The van der Waals surface area contributed by atoms with Gasteiger partial charge in [-0.2, -0.15) is 0 Å². The molecule has 0 aliphatic heterocycles. The number of pyridine rings is 1. The second-order valence-electron chi connectivity index (χ2n) is 7.53. The lowest BCUT2D eigenvalue weighted by molar-refractivity contribution is 0.0977. The minimum Gasteiger partial charge on any atom is -0.495 e. The quantitative estimate of drug-likeness (QED) is 0.275. The summed E-state index contributed by atoms with van der Waals surface area (Å²) >= 11 is 0. The Kier molecular flexibility index (Phi) is 8.82. The zero-order valence-electron chi connectivity index (χ0n) is 19.3. The SMILES string of the molecule is CCCCOc1ccc(C(=O)NC(=NCc2ccncc2)Nc2cc(C)ccc2OC)cc1. The van der Waals surface area contributed by atoms with Crippen LogP contribution in [0.15, 0.2) is 72.0 Å². The molecular weight excluding hydrogens is 416 g/mol. The molecule has 33 heavy (non-hydrogen) atoms. The number of guanidine groups is 1. The van der Waals surface area contributed by atoms with Gasteiger partial charge in [-0.15, -0.1) is 0 Å². The van der Waals surface area contributed by atoms with Crippen LogP contribution in [-0.2, 0) is 6.54 Å². The summed E-state index contributed by atoms with van der Waals surface area (Å²) in [6.45, 7) is 5.14. The van der Waals surface area contributed by atoms with Gasteiger partial charge in [0.2, 0.25) is 5.96 Å². The number of anilines is 1. The van der Waals surface area contributed by atoms with Crippen molar-refractivity contribution in [2.75, 3.05) is 19.0 Å². The molecule has 0 unspecified atom stereocenters. The van der Waals surface area contributed by atoms with Gasteiger partial charge in [0, 0.05) is 18.0 Å². The van der Waals surface area contributed by atoms with Crippen molar-refractivity contribution in [3.63, 3.8) is 0 Å². The number of rotatable bonds is 9. The molecule has 1 amide bonds. The molecule has 0 bridgehead atoms. The number of methoxy groups -OCH3 is 1. The molecule has 2 aromatic carbocycles. The van der Waals surface area contributed by atoms with E-state index in [0.29, 0.717) is 36.1 Å². The molecule has 1 heterocycles. The Morgan fingerprint density at radius 1 is 1.06 bits per heavy atom. The molecule has 0 fully saturated rings. The highest BCUT2D eigenvalue weighted by Crippen LogP contribution is 2.25. The molecule has 7 nitrogen and oxygen atoms in total. The Morgan fingerprint density at radius 2 is 1.82 bits per heavy atom. The summed E-state index contributed by atoms with van der Waals surface area (Å²) in [6, 6.07) is 16.6. The zero-order valence-corrected chi connectivity index (χ0v) is 19.3. The first-order valence-corrected chi connectivity index (χ1v) is 11.0. The van der Waals surface area contributed by atoms with Crippen molar-refractivity contribution in [3.8, 4) is 11.5 Å². The van der Waals surface area contributed by atoms with E-state index in [1.54, 1.807) is 43.8 Å². The van der Waals surface area contributed by atoms with Crippen molar-refractivity contribution >= 4 is 17.6 Å². The molecule has 7 heteroatoms. The van der Waals surface area contributed by atoms with Crippen LogP contribution in [0.2, 0.25) is 0 Å². The van der Waals surface area contributed by atoms with E-state index in [-0.39, 0.29) is 5.91 Å². The van der Waals surface area contributed by atoms with Gasteiger partial charge in [-0.1, -0.05) is 19.4 Å². The van der Waals surface area contributed by atoms with Crippen LogP contribution >= 0.6 is 0 Å². The number of hydrogen-bond donors (Lipinski definition) is 2. The van der Waals surface area contributed by atoms with Crippen LogP contribution in [-0.4, -0.2) is 30.6 Å². The Bertz CT molecular complexity index is 1070. The minimum atomic E-state index is -0.275. The van der Waals surface area contributed by atoms with Crippen molar-refractivity contribution < 1.29 is 14.3 Å². The smallest absolute Gasteiger partial charge is 0.257 e. The standard InChI is InChI=1S/C26H30N4O3/c1-4-5-16-33-22-9-7-21(8-10-22)25(31)30-26(28-18-20-12-14-27-15-13-20)29-23-17-19(2)6-11-24(23)32-3/h6-15,17H,4-5,16,18H2,1-3H3,(H2,28,29,30,31). The molecule has 0 atom stereocenters. The normalized spacial score (nSPS) is 11.1. The van der Waals surface area contributed by atoms with Gasteiger partial charge < -0.3 is 14.8 Å². The van der Waals surface area contributed by atoms with E-state index in [9.17, 15) is 4.79 Å². The summed E-state index contributed by atoms with van der Waals surface area (Å²) in [6.07, 6.45) is 5.49. The number of aromatic nitrogens is 1. The summed E-state index contributed by atoms with van der Waals surface area (Å²) in [5.74, 6) is 1.45. The van der Waals surface area contributed by atoms with Crippen LogP contribution in [0, 0.1) is 6.92 Å². The van der Waals surface area contributed by atoms with Crippen molar-refractivity contribution in [3.05, 3.63) is 83.7 Å². The first-order chi connectivity index (χ1) is 16.1. The van der Waals surface area contributed by atoms with Crippen LogP contribution in [0.1, 0.15) is 41.3 Å². The molecule has 0 aliphatic carbocycles. The highest BCUT2D eigenvalue weighted by atomic mass is 16.5. The van der Waals surface area contributed by atoms with Crippen molar-refractivity contribution in [1.82, 2.24) is 10.3 Å². The van der Waals surface area contributed by atoms with Crippen molar-refractivity contribution in [2.24, 2.45) is 4.99 Å². The highest BCUT2D eigenvalue weighted by Gasteiger charge is 2.12. The number of nitrogens with zero attached hydrogens (tertiary/aromatic N) is 2. The van der Waals surface area contributed by atoms with Crippen LogP contribution in [0.3, 0.4) is 0 Å². The molecule has 2 N–H and O–H groups in total. The number of unbranched alkanes of at least 4 members (excludes halogenated alkanes) is 1. The molecular formula is C26H30N4O3. The number of hydrogen-bond acceptors (Lipinski definition) is 5. The lowest BCUT2D eigenvalue weighted by atomic mass is 10.2. The average molecular weight is 447 g/mol. The van der Waals surface area contributed by atoms with Gasteiger partial charge in [0.05, 0.1) is 25.9 Å². The van der Waals surface area contributed by atoms with Crippen LogP contribution < -0.4 is 20.1 Å². The number of carbonyl (C=O) groups excluding carboxylic acids is 1. The molecule has 172 valence electrons. The summed E-state index contributed by atoms with van der Waals surface area (Å²) in [5, 5.41) is 6.09. The fourth-order valence-electron chi connectivity index (χ4n) is 3.03. The van der Waals surface area contributed by atoms with E-state index < -0.39 is 0 Å². The van der Waals surface area contributed by atoms with Crippen molar-refractivity contribution in [2.45, 2.75) is 33.2 Å². The highest BCUT2D eigenvalue weighted by molar-refractivity contribution is 6.10. The predicted molar refractivity (Wildman–Crippen MR) is 131 cm³/mol. The number of amides is 1. The molecule has 3 rings (SSSR count). The van der Waals surface area contributed by atoms with Crippen LogP contribution in [0.4, 0.5) is 5.69 Å². The molecule has 3 aromatic rings. The Balaban J connectivity index is 1.77. The molecule has 1 aromatic heterocycles. The lowest BCUT2D eigenvalue weighted by Gasteiger charge is -2.15. The molecule has 0 aliphatic rings. The first-order valence-electron chi connectivity index (χ1n) is 11.0. The van der Waals surface area contributed by atoms with E-state index in [2.05, 4.69) is 27.5 Å². The Labute approximate surface area is 194 Å². The van der Waals surface area contributed by atoms with Gasteiger partial charge in [-0.25, -0.2) is 4.99 Å². The second-order valence-corrected chi connectivity index (χ2v) is 7.53. The molecule has 0 spiro atoms. The molecule has 0 saturated carbocycles. The zero-order chi connectivity index (χ0) is 23.5. The number of nitrogens with one attached hydrogen (secondary N) is 2. The van der Waals surface area contributed by atoms with E-state index in [4.69, 9.17) is 9.47 Å². The van der Waals surface area contributed by atoms with Crippen LogP contribution in [0.5, 0.6) is 11.5 Å². The summed E-state index contributed by atoms with van der Waals surface area (Å²) < 4.78 is 11.1. The topological polar surface area (TPSA) is 84.8 Å². The van der Waals surface area contributed by atoms with Gasteiger partial charge in [0.15, 0.2) is 0 Å². The van der Waals surface area contributed by atoms with Gasteiger partial charge >= 0.3 is 0 Å².